The third-order valence-corrected chi connectivity index (χ3v) is 2.97. The van der Waals surface area contributed by atoms with Gasteiger partial charge in [-0.3, -0.25) is 10.1 Å². The molecular weight excluding hydrogens is 270 g/mol. The SMILES string of the molecule is CCCC(CN)C(=O)Nc1ccc(NC(=O)OCC)cc1. The number of carbonyl (C=O) groups is 2. The minimum Gasteiger partial charge on any atom is -0.450 e. The Morgan fingerprint density at radius 2 is 1.71 bits per heavy atom. The Labute approximate surface area is 125 Å². The molecule has 0 aromatic heterocycles. The summed E-state index contributed by atoms with van der Waals surface area (Å²) in [5, 5.41) is 5.40. The number of anilines is 2. The van der Waals surface area contributed by atoms with E-state index in [1.54, 1.807) is 31.2 Å². The van der Waals surface area contributed by atoms with E-state index in [0.717, 1.165) is 12.8 Å². The quantitative estimate of drug-likeness (QED) is 0.720. The summed E-state index contributed by atoms with van der Waals surface area (Å²) in [6, 6.07) is 6.84. The fourth-order valence-corrected chi connectivity index (χ4v) is 1.87. The minimum absolute atomic E-state index is 0.0783. The van der Waals surface area contributed by atoms with Crippen molar-refractivity contribution >= 4 is 23.4 Å². The number of amides is 2. The number of benzene rings is 1. The Bertz CT molecular complexity index is 460. The van der Waals surface area contributed by atoms with Crippen LogP contribution >= 0.6 is 0 Å². The molecule has 1 aromatic rings. The van der Waals surface area contributed by atoms with E-state index in [1.165, 1.54) is 0 Å². The van der Waals surface area contributed by atoms with Crippen LogP contribution in [0, 0.1) is 5.92 Å². The van der Waals surface area contributed by atoms with Crippen LogP contribution in [0.1, 0.15) is 26.7 Å². The van der Waals surface area contributed by atoms with Gasteiger partial charge < -0.3 is 15.8 Å². The summed E-state index contributed by atoms with van der Waals surface area (Å²) < 4.78 is 4.78. The summed E-state index contributed by atoms with van der Waals surface area (Å²) in [5.41, 5.74) is 6.88. The van der Waals surface area contributed by atoms with Gasteiger partial charge in [0.2, 0.25) is 5.91 Å². The van der Waals surface area contributed by atoms with Crippen LogP contribution in [-0.4, -0.2) is 25.2 Å². The summed E-state index contributed by atoms with van der Waals surface area (Å²) in [6.45, 7) is 4.41. The molecule has 0 saturated heterocycles. The van der Waals surface area contributed by atoms with Gasteiger partial charge in [0.25, 0.3) is 0 Å². The van der Waals surface area contributed by atoms with Gasteiger partial charge in [0.1, 0.15) is 0 Å². The molecule has 0 aliphatic carbocycles. The van der Waals surface area contributed by atoms with Gasteiger partial charge >= 0.3 is 6.09 Å². The molecule has 1 unspecified atom stereocenters. The average molecular weight is 293 g/mol. The van der Waals surface area contributed by atoms with Gasteiger partial charge in [-0.2, -0.15) is 0 Å². The first kappa shape index (κ1) is 17.0. The second-order valence-electron chi connectivity index (χ2n) is 4.63. The monoisotopic (exact) mass is 293 g/mol. The van der Waals surface area contributed by atoms with Crippen molar-refractivity contribution in [1.29, 1.82) is 0 Å². The third-order valence-electron chi connectivity index (χ3n) is 2.97. The van der Waals surface area contributed by atoms with Crippen molar-refractivity contribution in [3.8, 4) is 0 Å². The maximum atomic E-state index is 12.0. The van der Waals surface area contributed by atoms with Crippen molar-refractivity contribution in [2.45, 2.75) is 26.7 Å². The first-order chi connectivity index (χ1) is 10.1. The Balaban J connectivity index is 2.57. The molecule has 1 aromatic carbocycles. The van der Waals surface area contributed by atoms with E-state index in [-0.39, 0.29) is 11.8 Å². The molecular formula is C15H23N3O3. The molecule has 1 atom stereocenters. The van der Waals surface area contributed by atoms with Gasteiger partial charge in [0.15, 0.2) is 0 Å². The maximum absolute atomic E-state index is 12.0. The maximum Gasteiger partial charge on any atom is 0.411 e. The predicted molar refractivity (Wildman–Crippen MR) is 83.2 cm³/mol. The highest BCUT2D eigenvalue weighted by Gasteiger charge is 2.15. The van der Waals surface area contributed by atoms with Crippen molar-refractivity contribution in [3.63, 3.8) is 0 Å². The molecule has 1 rings (SSSR count). The van der Waals surface area contributed by atoms with E-state index in [4.69, 9.17) is 10.5 Å². The van der Waals surface area contributed by atoms with Crippen molar-refractivity contribution in [1.82, 2.24) is 0 Å². The third kappa shape index (κ3) is 5.83. The van der Waals surface area contributed by atoms with Crippen LogP contribution in [0.25, 0.3) is 0 Å². The number of ether oxygens (including phenoxy) is 1. The van der Waals surface area contributed by atoms with Crippen LogP contribution in [-0.2, 0) is 9.53 Å². The number of rotatable bonds is 7. The highest BCUT2D eigenvalue weighted by atomic mass is 16.5. The molecule has 116 valence electrons. The number of nitrogens with one attached hydrogen (secondary N) is 2. The minimum atomic E-state index is -0.500. The molecule has 0 spiro atoms. The van der Waals surface area contributed by atoms with Crippen LogP contribution in [0.15, 0.2) is 24.3 Å². The lowest BCUT2D eigenvalue weighted by molar-refractivity contribution is -0.119. The molecule has 21 heavy (non-hydrogen) atoms. The normalized spacial score (nSPS) is 11.6. The van der Waals surface area contributed by atoms with E-state index in [9.17, 15) is 9.59 Å². The van der Waals surface area contributed by atoms with Crippen LogP contribution in [0.2, 0.25) is 0 Å². The second kappa shape index (κ2) is 8.97. The van der Waals surface area contributed by atoms with Gasteiger partial charge in [0, 0.05) is 17.9 Å². The van der Waals surface area contributed by atoms with E-state index >= 15 is 0 Å². The van der Waals surface area contributed by atoms with Crippen molar-refractivity contribution in [3.05, 3.63) is 24.3 Å². The van der Waals surface area contributed by atoms with Gasteiger partial charge in [-0.25, -0.2) is 4.79 Å². The Morgan fingerprint density at radius 3 is 2.19 bits per heavy atom. The Morgan fingerprint density at radius 1 is 1.14 bits per heavy atom. The second-order valence-corrected chi connectivity index (χ2v) is 4.63. The average Bonchev–Trinajstić information content (AvgIpc) is 2.47. The van der Waals surface area contributed by atoms with Crippen molar-refractivity contribution in [2.24, 2.45) is 11.7 Å². The number of nitrogens with two attached hydrogens (primary N) is 1. The first-order valence-electron chi connectivity index (χ1n) is 7.15. The zero-order valence-electron chi connectivity index (χ0n) is 12.5. The summed E-state index contributed by atoms with van der Waals surface area (Å²) in [4.78, 5) is 23.3. The largest absolute Gasteiger partial charge is 0.450 e. The fourth-order valence-electron chi connectivity index (χ4n) is 1.87. The lowest BCUT2D eigenvalue weighted by Gasteiger charge is -2.14. The van der Waals surface area contributed by atoms with Gasteiger partial charge in [-0.05, 0) is 37.6 Å². The molecule has 0 heterocycles. The zero-order chi connectivity index (χ0) is 15.7. The van der Waals surface area contributed by atoms with E-state index in [2.05, 4.69) is 10.6 Å². The van der Waals surface area contributed by atoms with Crippen LogP contribution < -0.4 is 16.4 Å². The smallest absolute Gasteiger partial charge is 0.411 e. The molecule has 6 nitrogen and oxygen atoms in total. The molecule has 0 saturated carbocycles. The molecule has 0 bridgehead atoms. The van der Waals surface area contributed by atoms with E-state index < -0.39 is 6.09 Å². The van der Waals surface area contributed by atoms with E-state index in [1.807, 2.05) is 6.92 Å². The Hall–Kier alpha value is -2.08. The van der Waals surface area contributed by atoms with Crippen molar-refractivity contribution in [2.75, 3.05) is 23.8 Å². The van der Waals surface area contributed by atoms with Crippen LogP contribution in [0.3, 0.4) is 0 Å². The summed E-state index contributed by atoms with van der Waals surface area (Å²) in [5.74, 6) is -0.252. The molecule has 0 aliphatic rings. The van der Waals surface area contributed by atoms with Gasteiger partial charge in [0.05, 0.1) is 12.5 Å². The molecule has 0 aliphatic heterocycles. The van der Waals surface area contributed by atoms with Gasteiger partial charge in [-0.15, -0.1) is 0 Å². The number of carbonyl (C=O) groups excluding carboxylic acids is 2. The standard InChI is InChI=1S/C15H23N3O3/c1-3-5-11(10-16)14(19)17-12-6-8-13(9-7-12)18-15(20)21-4-2/h6-9,11H,3-5,10,16H2,1-2H3,(H,17,19)(H,18,20). The molecule has 0 radical (unpaired) electrons. The summed E-state index contributed by atoms with van der Waals surface area (Å²) in [7, 11) is 0. The highest BCUT2D eigenvalue weighted by Crippen LogP contribution is 2.15. The molecule has 6 heteroatoms. The zero-order valence-corrected chi connectivity index (χ0v) is 12.5. The summed E-state index contributed by atoms with van der Waals surface area (Å²) >= 11 is 0. The van der Waals surface area contributed by atoms with Crippen LogP contribution in [0.4, 0.5) is 16.2 Å². The highest BCUT2D eigenvalue weighted by molar-refractivity contribution is 5.93. The molecule has 4 N–H and O–H groups in total. The summed E-state index contributed by atoms with van der Waals surface area (Å²) in [6.07, 6.45) is 1.18. The number of hydrogen-bond donors (Lipinski definition) is 3. The number of hydrogen-bond acceptors (Lipinski definition) is 4. The first-order valence-corrected chi connectivity index (χ1v) is 7.15. The predicted octanol–water partition coefficient (Wildman–Crippen LogP) is 2.57. The topological polar surface area (TPSA) is 93.5 Å². The molecule has 2 amide bonds. The lowest BCUT2D eigenvalue weighted by atomic mass is 10.0. The van der Waals surface area contributed by atoms with E-state index in [0.29, 0.717) is 24.5 Å². The molecule has 0 fully saturated rings. The lowest BCUT2D eigenvalue weighted by Crippen LogP contribution is -2.29. The van der Waals surface area contributed by atoms with Crippen LogP contribution in [0.5, 0.6) is 0 Å². The fraction of sp³-hybridized carbons (Fsp3) is 0.467. The van der Waals surface area contributed by atoms with Gasteiger partial charge in [-0.1, -0.05) is 13.3 Å². The Kier molecular flexibility index (Phi) is 7.25. The van der Waals surface area contributed by atoms with Crippen molar-refractivity contribution < 1.29 is 14.3 Å².